The van der Waals surface area contributed by atoms with Crippen molar-refractivity contribution in [2.45, 2.75) is 13.8 Å². The molecule has 0 N–H and O–H groups in total. The summed E-state index contributed by atoms with van der Waals surface area (Å²) in [5, 5.41) is 0. The Hall–Kier alpha value is -2.54. The Kier molecular flexibility index (Phi) is 2.61. The minimum absolute atomic E-state index is 0.946. The molecule has 102 valence electrons. The molecule has 2 aromatic heterocycles. The van der Waals surface area contributed by atoms with Crippen molar-refractivity contribution in [3.8, 4) is 22.3 Å². The van der Waals surface area contributed by atoms with E-state index in [0.29, 0.717) is 0 Å². The van der Waals surface area contributed by atoms with Gasteiger partial charge in [0, 0.05) is 11.1 Å². The van der Waals surface area contributed by atoms with Crippen LogP contribution in [0.2, 0.25) is 0 Å². The fourth-order valence-electron chi connectivity index (χ4n) is 3.04. The monoisotopic (exact) mass is 272 g/mol. The average Bonchev–Trinajstić information content (AvgIpc) is 3.08. The third-order valence-corrected chi connectivity index (χ3v) is 4.15. The van der Waals surface area contributed by atoms with Crippen molar-refractivity contribution in [3.05, 3.63) is 71.8 Å². The normalized spacial score (nSPS) is 11.3. The van der Waals surface area contributed by atoms with Gasteiger partial charge >= 0.3 is 0 Å². The maximum Gasteiger partial charge on any atom is 0.143 e. The van der Waals surface area contributed by atoms with Crippen molar-refractivity contribution in [2.24, 2.45) is 0 Å². The highest BCUT2D eigenvalue weighted by Gasteiger charge is 2.18. The van der Waals surface area contributed by atoms with E-state index in [0.717, 1.165) is 11.2 Å². The highest BCUT2D eigenvalue weighted by atomic mass is 16.3. The molecule has 0 fully saturated rings. The van der Waals surface area contributed by atoms with E-state index in [1.807, 2.05) is 0 Å². The van der Waals surface area contributed by atoms with Gasteiger partial charge in [-0.15, -0.1) is 0 Å². The largest absolute Gasteiger partial charge is 0.456 e. The van der Waals surface area contributed by atoms with Gasteiger partial charge in [0.05, 0.1) is 0 Å². The molecular weight excluding hydrogens is 256 g/mol. The van der Waals surface area contributed by atoms with E-state index >= 15 is 0 Å². The molecule has 4 rings (SSSR count). The summed E-state index contributed by atoms with van der Waals surface area (Å²) in [5.74, 6) is 0. The van der Waals surface area contributed by atoms with Crippen LogP contribution in [-0.4, -0.2) is 0 Å². The van der Waals surface area contributed by atoms with Crippen LogP contribution in [0.25, 0.3) is 33.4 Å². The first-order valence-corrected chi connectivity index (χ1v) is 7.22. The lowest BCUT2D eigenvalue weighted by molar-refractivity contribution is 0.676. The van der Waals surface area contributed by atoms with E-state index in [-0.39, 0.29) is 0 Å². The van der Waals surface area contributed by atoms with E-state index in [1.54, 1.807) is 0 Å². The van der Waals surface area contributed by atoms with Gasteiger partial charge in [0.1, 0.15) is 11.2 Å². The Labute approximate surface area is 124 Å². The molecule has 0 aliphatic carbocycles. The number of furan rings is 2. The first-order valence-electron chi connectivity index (χ1n) is 7.22. The quantitative estimate of drug-likeness (QED) is 0.448. The predicted octanol–water partition coefficient (Wildman–Crippen LogP) is 5.82. The second-order valence-electron chi connectivity index (χ2n) is 5.58. The molecule has 0 aliphatic heterocycles. The SMILES string of the molecule is Cc1ccccc1-c1cc2cc(-c3ccccc3C)c1o2. The van der Waals surface area contributed by atoms with Gasteiger partial charge in [-0.3, -0.25) is 0 Å². The number of rotatable bonds is 2. The smallest absolute Gasteiger partial charge is 0.143 e. The Balaban J connectivity index is 1.96. The second-order valence-corrected chi connectivity index (χ2v) is 5.58. The maximum absolute atomic E-state index is 5.96. The molecule has 21 heavy (non-hydrogen) atoms. The van der Waals surface area contributed by atoms with Crippen LogP contribution >= 0.6 is 0 Å². The Morgan fingerprint density at radius 3 is 1.52 bits per heavy atom. The van der Waals surface area contributed by atoms with E-state index in [4.69, 9.17) is 4.42 Å². The van der Waals surface area contributed by atoms with Crippen LogP contribution in [-0.2, 0) is 0 Å². The summed E-state index contributed by atoms with van der Waals surface area (Å²) >= 11 is 0. The predicted molar refractivity (Wildman–Crippen MR) is 87.7 cm³/mol. The third-order valence-electron chi connectivity index (χ3n) is 4.15. The highest BCUT2D eigenvalue weighted by molar-refractivity contribution is 5.98. The summed E-state index contributed by atoms with van der Waals surface area (Å²) in [4.78, 5) is 0. The van der Waals surface area contributed by atoms with Crippen LogP contribution in [0, 0.1) is 13.8 Å². The molecule has 0 saturated carbocycles. The van der Waals surface area contributed by atoms with Crippen LogP contribution in [0.15, 0.2) is 65.1 Å². The molecule has 1 nitrogen and oxygen atoms in total. The Morgan fingerprint density at radius 2 is 1.10 bits per heavy atom. The first kappa shape index (κ1) is 12.2. The standard InChI is InChI=1S/C20H16O/c1-13-7-3-5-9-16(13)18-11-15-12-19(20(18)21-15)17-10-6-4-8-14(17)2/h3-12H,1-2H3. The van der Waals surface area contributed by atoms with Crippen molar-refractivity contribution in [3.63, 3.8) is 0 Å². The summed E-state index contributed by atoms with van der Waals surface area (Å²) in [5.41, 5.74) is 9.39. The van der Waals surface area contributed by atoms with Gasteiger partial charge in [0.2, 0.25) is 0 Å². The van der Waals surface area contributed by atoms with Gasteiger partial charge in [-0.25, -0.2) is 0 Å². The lowest BCUT2D eigenvalue weighted by Crippen LogP contribution is -1.85. The molecule has 0 saturated heterocycles. The molecule has 1 heteroatoms. The minimum Gasteiger partial charge on any atom is -0.456 e. The number of hydrogen-bond donors (Lipinski definition) is 0. The summed E-state index contributed by atoms with van der Waals surface area (Å²) in [6, 6.07) is 21.2. The van der Waals surface area contributed by atoms with Crippen LogP contribution in [0.5, 0.6) is 0 Å². The molecule has 0 radical (unpaired) electrons. The molecule has 0 aliphatic rings. The molecular formula is C20H16O. The first-order chi connectivity index (χ1) is 10.2. The van der Waals surface area contributed by atoms with E-state index in [1.165, 1.54) is 33.4 Å². The molecule has 2 aromatic carbocycles. The molecule has 2 bridgehead atoms. The highest BCUT2D eigenvalue weighted by Crippen LogP contribution is 2.41. The van der Waals surface area contributed by atoms with Crippen molar-refractivity contribution in [1.82, 2.24) is 0 Å². The van der Waals surface area contributed by atoms with Crippen molar-refractivity contribution < 1.29 is 4.42 Å². The van der Waals surface area contributed by atoms with Crippen LogP contribution in [0.1, 0.15) is 11.1 Å². The molecule has 0 amide bonds. The van der Waals surface area contributed by atoms with Gasteiger partial charge in [0.25, 0.3) is 0 Å². The summed E-state index contributed by atoms with van der Waals surface area (Å²) in [6.45, 7) is 4.29. The Bertz CT molecular complexity index is 845. The number of benzene rings is 3. The molecule has 0 atom stereocenters. The number of hydrogen-bond acceptors (Lipinski definition) is 1. The van der Waals surface area contributed by atoms with Crippen molar-refractivity contribution in [2.75, 3.05) is 0 Å². The molecule has 0 unspecified atom stereocenters. The number of fused-ring (bicyclic) bond motifs is 2. The van der Waals surface area contributed by atoms with Gasteiger partial charge in [0.15, 0.2) is 0 Å². The third kappa shape index (κ3) is 1.85. The van der Waals surface area contributed by atoms with Gasteiger partial charge in [-0.05, 0) is 48.2 Å². The zero-order chi connectivity index (χ0) is 14.4. The average molecular weight is 272 g/mol. The van der Waals surface area contributed by atoms with E-state index in [9.17, 15) is 0 Å². The summed E-state index contributed by atoms with van der Waals surface area (Å²) in [6.07, 6.45) is 0. The van der Waals surface area contributed by atoms with E-state index in [2.05, 4.69) is 74.5 Å². The van der Waals surface area contributed by atoms with Crippen LogP contribution < -0.4 is 0 Å². The summed E-state index contributed by atoms with van der Waals surface area (Å²) < 4.78 is 5.96. The zero-order valence-electron chi connectivity index (χ0n) is 12.2. The molecule has 4 aromatic rings. The fourth-order valence-corrected chi connectivity index (χ4v) is 3.04. The zero-order valence-corrected chi connectivity index (χ0v) is 12.2. The fraction of sp³-hybridized carbons (Fsp3) is 0.100. The lowest BCUT2D eigenvalue weighted by Gasteiger charge is -2.07. The topological polar surface area (TPSA) is 13.1 Å². The second kappa shape index (κ2) is 4.49. The van der Waals surface area contributed by atoms with Gasteiger partial charge in [-0.2, -0.15) is 0 Å². The van der Waals surface area contributed by atoms with E-state index < -0.39 is 0 Å². The van der Waals surface area contributed by atoms with Gasteiger partial charge in [-0.1, -0.05) is 48.5 Å². The maximum atomic E-state index is 5.96. The minimum atomic E-state index is 0.946. The summed E-state index contributed by atoms with van der Waals surface area (Å²) in [7, 11) is 0. The lowest BCUT2D eigenvalue weighted by atomic mass is 9.94. The van der Waals surface area contributed by atoms with Gasteiger partial charge < -0.3 is 4.42 Å². The van der Waals surface area contributed by atoms with Crippen LogP contribution in [0.4, 0.5) is 0 Å². The number of aryl methyl sites for hydroxylation is 2. The Morgan fingerprint density at radius 1 is 0.619 bits per heavy atom. The van der Waals surface area contributed by atoms with Crippen molar-refractivity contribution >= 4 is 11.2 Å². The molecule has 2 heterocycles. The van der Waals surface area contributed by atoms with Crippen LogP contribution in [0.3, 0.4) is 0 Å². The van der Waals surface area contributed by atoms with Crippen molar-refractivity contribution in [1.29, 1.82) is 0 Å². The molecule has 0 spiro atoms.